The Balaban J connectivity index is 1.77. The van der Waals surface area contributed by atoms with Gasteiger partial charge in [-0.3, -0.25) is 4.99 Å². The summed E-state index contributed by atoms with van der Waals surface area (Å²) in [5.41, 5.74) is 0. The lowest BCUT2D eigenvalue weighted by atomic mass is 10.1. The molecule has 1 saturated carbocycles. The van der Waals surface area contributed by atoms with Gasteiger partial charge in [0.1, 0.15) is 0 Å². The summed E-state index contributed by atoms with van der Waals surface area (Å²) < 4.78 is 0. The summed E-state index contributed by atoms with van der Waals surface area (Å²) in [6.45, 7) is 7.90. The van der Waals surface area contributed by atoms with Crippen molar-refractivity contribution in [1.82, 2.24) is 5.32 Å². The molecule has 1 aliphatic heterocycles. The van der Waals surface area contributed by atoms with E-state index in [2.05, 4.69) is 31.1 Å². The largest absolute Gasteiger partial charge is 0.361 e. The van der Waals surface area contributed by atoms with E-state index in [9.17, 15) is 0 Å². The van der Waals surface area contributed by atoms with Crippen LogP contribution in [0.5, 0.6) is 0 Å². The van der Waals surface area contributed by atoms with Crippen molar-refractivity contribution in [1.29, 1.82) is 0 Å². The predicted molar refractivity (Wildman–Crippen MR) is 63.8 cm³/mol. The minimum absolute atomic E-state index is 0.635. The van der Waals surface area contributed by atoms with Crippen LogP contribution in [0.1, 0.15) is 27.2 Å². The third-order valence-electron chi connectivity index (χ3n) is 3.26. The fourth-order valence-corrected chi connectivity index (χ4v) is 2.92. The van der Waals surface area contributed by atoms with E-state index in [1.54, 1.807) is 0 Å². The van der Waals surface area contributed by atoms with E-state index in [0.717, 1.165) is 24.3 Å². The molecule has 1 heterocycles. The van der Waals surface area contributed by atoms with E-state index in [1.165, 1.54) is 17.3 Å². The minimum atomic E-state index is 0.635. The molecular formula is C11H20N2S. The van der Waals surface area contributed by atoms with E-state index < -0.39 is 0 Å². The van der Waals surface area contributed by atoms with E-state index in [-0.39, 0.29) is 0 Å². The van der Waals surface area contributed by atoms with Gasteiger partial charge in [0, 0.05) is 18.3 Å². The number of aliphatic imine (C=N–C) groups is 1. The van der Waals surface area contributed by atoms with E-state index >= 15 is 0 Å². The number of hydrogen-bond acceptors (Lipinski definition) is 2. The Bertz CT molecular complexity index is 237. The van der Waals surface area contributed by atoms with Gasteiger partial charge in [-0.15, -0.1) is 0 Å². The Kier molecular flexibility index (Phi) is 3.05. The average molecular weight is 212 g/mol. The lowest BCUT2D eigenvalue weighted by Gasteiger charge is -2.12. The molecule has 0 bridgehead atoms. The number of hydrogen-bond donors (Lipinski definition) is 1. The minimum Gasteiger partial charge on any atom is -0.361 e. The number of nitrogens with zero attached hydrogens (tertiary/aromatic N) is 1. The summed E-state index contributed by atoms with van der Waals surface area (Å²) in [6.07, 6.45) is 1.38. The van der Waals surface area contributed by atoms with Crippen LogP contribution in [-0.2, 0) is 0 Å². The van der Waals surface area contributed by atoms with Crippen LogP contribution in [0.2, 0.25) is 0 Å². The first kappa shape index (κ1) is 10.3. The second-order valence-corrected chi connectivity index (χ2v) is 5.93. The highest BCUT2D eigenvalue weighted by Gasteiger charge is 2.32. The molecule has 3 atom stereocenters. The molecular weight excluding hydrogens is 192 g/mol. The summed E-state index contributed by atoms with van der Waals surface area (Å²) in [5.74, 6) is 3.71. The first-order valence-electron chi connectivity index (χ1n) is 5.60. The summed E-state index contributed by atoms with van der Waals surface area (Å²) in [7, 11) is 0. The summed E-state index contributed by atoms with van der Waals surface area (Å²) in [4.78, 5) is 4.64. The average Bonchev–Trinajstić information content (AvgIpc) is 2.68. The molecule has 2 nitrogen and oxygen atoms in total. The number of amidine groups is 1. The highest BCUT2D eigenvalue weighted by molar-refractivity contribution is 8.14. The van der Waals surface area contributed by atoms with Gasteiger partial charge in [-0.25, -0.2) is 0 Å². The van der Waals surface area contributed by atoms with E-state index in [1.807, 2.05) is 11.8 Å². The second kappa shape index (κ2) is 4.13. The zero-order chi connectivity index (χ0) is 10.1. The Morgan fingerprint density at radius 1 is 1.57 bits per heavy atom. The van der Waals surface area contributed by atoms with Gasteiger partial charge in [-0.2, -0.15) is 0 Å². The Morgan fingerprint density at radius 3 is 2.79 bits per heavy atom. The molecule has 0 aromatic heterocycles. The molecule has 0 aromatic carbocycles. The lowest BCUT2D eigenvalue weighted by Crippen LogP contribution is -2.31. The molecule has 1 N–H and O–H groups in total. The summed E-state index contributed by atoms with van der Waals surface area (Å²) in [5, 5.41) is 4.68. The Hall–Kier alpha value is -0.180. The van der Waals surface area contributed by atoms with Gasteiger partial charge in [-0.1, -0.05) is 32.5 Å². The van der Waals surface area contributed by atoms with Crippen molar-refractivity contribution in [2.45, 2.75) is 33.2 Å². The van der Waals surface area contributed by atoms with Gasteiger partial charge in [-0.05, 0) is 24.2 Å². The van der Waals surface area contributed by atoms with Gasteiger partial charge in [0.25, 0.3) is 0 Å². The van der Waals surface area contributed by atoms with Gasteiger partial charge in [0.15, 0.2) is 5.17 Å². The smallest absolute Gasteiger partial charge is 0.156 e. The van der Waals surface area contributed by atoms with Crippen LogP contribution in [-0.4, -0.2) is 23.5 Å². The molecule has 1 aliphatic carbocycles. The van der Waals surface area contributed by atoms with Crippen LogP contribution in [0.15, 0.2) is 4.99 Å². The molecule has 3 heteroatoms. The maximum atomic E-state index is 4.64. The molecule has 0 amide bonds. The maximum absolute atomic E-state index is 4.64. The van der Waals surface area contributed by atoms with Gasteiger partial charge < -0.3 is 5.32 Å². The molecule has 80 valence electrons. The van der Waals surface area contributed by atoms with Crippen molar-refractivity contribution >= 4 is 16.9 Å². The molecule has 2 aliphatic rings. The number of rotatable bonds is 3. The molecule has 2 fully saturated rings. The third-order valence-corrected chi connectivity index (χ3v) is 4.30. The molecule has 14 heavy (non-hydrogen) atoms. The SMILES string of the molecule is CC1CC1CN=C1N[C@@H](C(C)C)CS1. The topological polar surface area (TPSA) is 24.4 Å². The zero-order valence-electron chi connectivity index (χ0n) is 9.29. The third kappa shape index (κ3) is 2.44. The highest BCUT2D eigenvalue weighted by Crippen LogP contribution is 2.37. The van der Waals surface area contributed by atoms with Crippen molar-refractivity contribution in [3.05, 3.63) is 0 Å². The van der Waals surface area contributed by atoms with Crippen LogP contribution >= 0.6 is 11.8 Å². The number of nitrogens with one attached hydrogen (secondary N) is 1. The van der Waals surface area contributed by atoms with Crippen LogP contribution < -0.4 is 5.32 Å². The predicted octanol–water partition coefficient (Wildman–Crippen LogP) is 2.36. The molecule has 0 aromatic rings. The Morgan fingerprint density at radius 2 is 2.29 bits per heavy atom. The van der Waals surface area contributed by atoms with Gasteiger partial charge in [0.05, 0.1) is 0 Å². The molecule has 0 spiro atoms. The Labute approximate surface area is 90.9 Å². The fraction of sp³-hybridized carbons (Fsp3) is 0.909. The van der Waals surface area contributed by atoms with Crippen molar-refractivity contribution in [3.8, 4) is 0 Å². The molecule has 2 unspecified atom stereocenters. The van der Waals surface area contributed by atoms with Crippen molar-refractivity contribution in [2.75, 3.05) is 12.3 Å². The first-order chi connectivity index (χ1) is 6.66. The number of thioether (sulfide) groups is 1. The van der Waals surface area contributed by atoms with Crippen molar-refractivity contribution in [2.24, 2.45) is 22.7 Å². The second-order valence-electron chi connectivity index (χ2n) is 4.92. The van der Waals surface area contributed by atoms with Crippen molar-refractivity contribution in [3.63, 3.8) is 0 Å². The van der Waals surface area contributed by atoms with Crippen LogP contribution in [0.25, 0.3) is 0 Å². The normalized spacial score (nSPS) is 39.1. The van der Waals surface area contributed by atoms with Gasteiger partial charge in [0.2, 0.25) is 0 Å². The van der Waals surface area contributed by atoms with Crippen LogP contribution in [0.3, 0.4) is 0 Å². The summed E-state index contributed by atoms with van der Waals surface area (Å²) in [6, 6.07) is 0.635. The summed E-state index contributed by atoms with van der Waals surface area (Å²) >= 11 is 1.89. The van der Waals surface area contributed by atoms with Gasteiger partial charge >= 0.3 is 0 Å². The quantitative estimate of drug-likeness (QED) is 0.776. The molecule has 0 radical (unpaired) electrons. The van der Waals surface area contributed by atoms with E-state index in [4.69, 9.17) is 0 Å². The van der Waals surface area contributed by atoms with Crippen LogP contribution in [0.4, 0.5) is 0 Å². The lowest BCUT2D eigenvalue weighted by molar-refractivity contribution is 0.503. The van der Waals surface area contributed by atoms with E-state index in [0.29, 0.717) is 6.04 Å². The standard InChI is InChI=1S/C11H20N2S/c1-7(2)10-6-14-11(13-10)12-5-9-4-8(9)3/h7-10H,4-6H2,1-3H3,(H,12,13)/t8?,9?,10-/m1/s1. The van der Waals surface area contributed by atoms with Crippen molar-refractivity contribution < 1.29 is 0 Å². The van der Waals surface area contributed by atoms with Crippen LogP contribution in [0, 0.1) is 17.8 Å². The first-order valence-corrected chi connectivity index (χ1v) is 6.59. The molecule has 1 saturated heterocycles. The fourth-order valence-electron chi connectivity index (χ4n) is 1.71. The zero-order valence-corrected chi connectivity index (χ0v) is 10.1. The molecule has 2 rings (SSSR count). The maximum Gasteiger partial charge on any atom is 0.156 e. The highest BCUT2D eigenvalue weighted by atomic mass is 32.2. The monoisotopic (exact) mass is 212 g/mol.